The summed E-state index contributed by atoms with van der Waals surface area (Å²) in [4.78, 5) is 2.23. The average molecular weight is 325 g/mol. The molecule has 0 spiro atoms. The third-order valence-corrected chi connectivity index (χ3v) is 4.07. The van der Waals surface area contributed by atoms with E-state index in [1.807, 2.05) is 31.3 Å². The van der Waals surface area contributed by atoms with Crippen molar-refractivity contribution in [3.05, 3.63) is 65.5 Å². The Morgan fingerprint density at radius 1 is 1.12 bits per heavy atom. The summed E-state index contributed by atoms with van der Waals surface area (Å²) in [6.45, 7) is 4.30. The molecular weight excluding hydrogens is 302 g/mol. The van der Waals surface area contributed by atoms with Crippen molar-refractivity contribution in [2.75, 3.05) is 19.7 Å². The standard InChI is InChI=1S/C19H23N3O2/c1-15-7-8-18(24-15)19-17(13-20-21-19)14-22(11-12-23)10-9-16-5-3-2-4-6-16/h2-8,13,23H,9-12,14H2,1H3,(H,20,21). The lowest BCUT2D eigenvalue weighted by Gasteiger charge is -2.21. The Morgan fingerprint density at radius 3 is 2.67 bits per heavy atom. The quantitative estimate of drug-likeness (QED) is 0.668. The molecule has 0 amide bonds. The van der Waals surface area contributed by atoms with Gasteiger partial charge < -0.3 is 9.52 Å². The largest absolute Gasteiger partial charge is 0.460 e. The highest BCUT2D eigenvalue weighted by Gasteiger charge is 2.14. The molecule has 0 aliphatic carbocycles. The normalized spacial score (nSPS) is 11.3. The molecule has 0 bridgehead atoms. The number of aliphatic hydroxyl groups excluding tert-OH is 1. The number of nitrogens with one attached hydrogen (secondary N) is 1. The average Bonchev–Trinajstić information content (AvgIpc) is 3.22. The SMILES string of the molecule is Cc1ccc(-c2[nH]ncc2CN(CCO)CCc2ccccc2)o1. The molecule has 0 radical (unpaired) electrons. The number of aromatic nitrogens is 2. The van der Waals surface area contributed by atoms with Crippen LogP contribution in [0.4, 0.5) is 0 Å². The first kappa shape index (κ1) is 16.5. The third-order valence-electron chi connectivity index (χ3n) is 4.07. The summed E-state index contributed by atoms with van der Waals surface area (Å²) >= 11 is 0. The highest BCUT2D eigenvalue weighted by atomic mass is 16.3. The van der Waals surface area contributed by atoms with E-state index in [0.29, 0.717) is 6.54 Å². The smallest absolute Gasteiger partial charge is 0.152 e. The van der Waals surface area contributed by atoms with Crippen LogP contribution >= 0.6 is 0 Å². The summed E-state index contributed by atoms with van der Waals surface area (Å²) in [7, 11) is 0. The van der Waals surface area contributed by atoms with Gasteiger partial charge in [-0.3, -0.25) is 10.00 Å². The molecule has 0 atom stereocenters. The van der Waals surface area contributed by atoms with Crippen molar-refractivity contribution >= 4 is 0 Å². The first-order chi connectivity index (χ1) is 11.8. The maximum absolute atomic E-state index is 9.37. The highest BCUT2D eigenvalue weighted by Crippen LogP contribution is 2.24. The fraction of sp³-hybridized carbons (Fsp3) is 0.316. The van der Waals surface area contributed by atoms with Crippen LogP contribution in [0.1, 0.15) is 16.9 Å². The summed E-state index contributed by atoms with van der Waals surface area (Å²) in [5.41, 5.74) is 3.28. The van der Waals surface area contributed by atoms with Gasteiger partial charge >= 0.3 is 0 Å². The third kappa shape index (κ3) is 4.13. The lowest BCUT2D eigenvalue weighted by atomic mass is 10.1. The number of benzene rings is 1. The van der Waals surface area contributed by atoms with E-state index in [4.69, 9.17) is 4.42 Å². The van der Waals surface area contributed by atoms with E-state index < -0.39 is 0 Å². The lowest BCUT2D eigenvalue weighted by Crippen LogP contribution is -2.28. The molecule has 0 aliphatic rings. The number of aryl methyl sites for hydroxylation is 1. The molecule has 2 aromatic heterocycles. The van der Waals surface area contributed by atoms with Crippen LogP contribution < -0.4 is 0 Å². The first-order valence-electron chi connectivity index (χ1n) is 8.22. The van der Waals surface area contributed by atoms with Crippen molar-refractivity contribution in [1.82, 2.24) is 15.1 Å². The minimum absolute atomic E-state index is 0.141. The molecule has 0 fully saturated rings. The summed E-state index contributed by atoms with van der Waals surface area (Å²) < 4.78 is 5.70. The van der Waals surface area contributed by atoms with Crippen LogP contribution in [0.25, 0.3) is 11.5 Å². The Balaban J connectivity index is 1.68. The van der Waals surface area contributed by atoms with Gasteiger partial charge in [0.2, 0.25) is 0 Å². The van der Waals surface area contributed by atoms with Gasteiger partial charge in [0.1, 0.15) is 11.5 Å². The van der Waals surface area contributed by atoms with Gasteiger partial charge in [-0.25, -0.2) is 0 Å². The van der Waals surface area contributed by atoms with E-state index >= 15 is 0 Å². The number of H-pyrrole nitrogens is 1. The second-order valence-corrected chi connectivity index (χ2v) is 5.92. The van der Waals surface area contributed by atoms with E-state index in [0.717, 1.165) is 42.3 Å². The number of furan rings is 1. The van der Waals surface area contributed by atoms with Gasteiger partial charge in [0.05, 0.1) is 12.8 Å². The van der Waals surface area contributed by atoms with Crippen LogP contribution in [0.15, 0.2) is 53.1 Å². The molecule has 24 heavy (non-hydrogen) atoms. The predicted molar refractivity (Wildman–Crippen MR) is 93.5 cm³/mol. The van der Waals surface area contributed by atoms with E-state index in [9.17, 15) is 5.11 Å². The maximum atomic E-state index is 9.37. The molecule has 0 saturated heterocycles. The molecular formula is C19H23N3O2. The van der Waals surface area contributed by atoms with Gasteiger partial charge in [-0.2, -0.15) is 5.10 Å². The summed E-state index contributed by atoms with van der Waals surface area (Å²) in [5, 5.41) is 16.6. The Hall–Kier alpha value is -2.37. The van der Waals surface area contributed by atoms with Crippen LogP contribution in [0.5, 0.6) is 0 Å². The highest BCUT2D eigenvalue weighted by molar-refractivity contribution is 5.56. The second kappa shape index (κ2) is 7.95. The Bertz CT molecular complexity index is 749. The van der Waals surface area contributed by atoms with Crippen molar-refractivity contribution in [3.8, 4) is 11.5 Å². The topological polar surface area (TPSA) is 65.3 Å². The van der Waals surface area contributed by atoms with Crippen LogP contribution in [0.2, 0.25) is 0 Å². The molecule has 1 aromatic carbocycles. The minimum Gasteiger partial charge on any atom is -0.460 e. The van der Waals surface area contributed by atoms with Gasteiger partial charge in [0.15, 0.2) is 5.76 Å². The number of aromatic amines is 1. The number of rotatable bonds is 8. The van der Waals surface area contributed by atoms with E-state index in [1.165, 1.54) is 5.56 Å². The lowest BCUT2D eigenvalue weighted by molar-refractivity contribution is 0.192. The zero-order valence-electron chi connectivity index (χ0n) is 13.9. The van der Waals surface area contributed by atoms with Crippen molar-refractivity contribution in [1.29, 1.82) is 0 Å². The van der Waals surface area contributed by atoms with Crippen LogP contribution in [0, 0.1) is 6.92 Å². The molecule has 3 aromatic rings. The summed E-state index contributed by atoms with van der Waals surface area (Å²) in [6, 6.07) is 14.3. The molecule has 2 heterocycles. The molecule has 0 aliphatic heterocycles. The first-order valence-corrected chi connectivity index (χ1v) is 8.22. The molecule has 5 nitrogen and oxygen atoms in total. The minimum atomic E-state index is 0.141. The number of hydrogen-bond donors (Lipinski definition) is 2. The van der Waals surface area contributed by atoms with Crippen molar-refractivity contribution in [2.45, 2.75) is 19.9 Å². The Morgan fingerprint density at radius 2 is 1.96 bits per heavy atom. The van der Waals surface area contributed by atoms with Gasteiger partial charge in [0, 0.05) is 25.2 Å². The Kier molecular flexibility index (Phi) is 5.46. The summed E-state index contributed by atoms with van der Waals surface area (Å²) in [5.74, 6) is 1.67. The van der Waals surface area contributed by atoms with Gasteiger partial charge in [0.25, 0.3) is 0 Å². The van der Waals surface area contributed by atoms with Crippen LogP contribution in [-0.4, -0.2) is 39.9 Å². The van der Waals surface area contributed by atoms with Gasteiger partial charge in [-0.15, -0.1) is 0 Å². The monoisotopic (exact) mass is 325 g/mol. The van der Waals surface area contributed by atoms with Crippen molar-refractivity contribution in [3.63, 3.8) is 0 Å². The van der Waals surface area contributed by atoms with E-state index in [-0.39, 0.29) is 6.61 Å². The van der Waals surface area contributed by atoms with Gasteiger partial charge in [-0.05, 0) is 31.0 Å². The molecule has 0 unspecified atom stereocenters. The zero-order chi connectivity index (χ0) is 16.8. The second-order valence-electron chi connectivity index (χ2n) is 5.92. The number of nitrogens with zero attached hydrogens (tertiary/aromatic N) is 2. The molecule has 2 N–H and O–H groups in total. The van der Waals surface area contributed by atoms with Crippen molar-refractivity contribution < 1.29 is 9.52 Å². The fourth-order valence-electron chi connectivity index (χ4n) is 2.80. The number of aliphatic hydroxyl groups is 1. The van der Waals surface area contributed by atoms with Crippen LogP contribution in [-0.2, 0) is 13.0 Å². The van der Waals surface area contributed by atoms with Gasteiger partial charge in [-0.1, -0.05) is 30.3 Å². The Labute approximate surface area is 141 Å². The summed E-state index contributed by atoms with van der Waals surface area (Å²) in [6.07, 6.45) is 2.79. The zero-order valence-corrected chi connectivity index (χ0v) is 13.9. The van der Waals surface area contributed by atoms with E-state index in [1.54, 1.807) is 0 Å². The van der Waals surface area contributed by atoms with Crippen LogP contribution in [0.3, 0.4) is 0 Å². The molecule has 3 rings (SSSR count). The fourth-order valence-corrected chi connectivity index (χ4v) is 2.80. The maximum Gasteiger partial charge on any atom is 0.152 e. The number of hydrogen-bond acceptors (Lipinski definition) is 4. The molecule has 0 saturated carbocycles. The van der Waals surface area contributed by atoms with E-state index in [2.05, 4.69) is 39.4 Å². The predicted octanol–water partition coefficient (Wildman–Crippen LogP) is 3.02. The molecule has 5 heteroatoms. The van der Waals surface area contributed by atoms with Crippen molar-refractivity contribution in [2.24, 2.45) is 0 Å². The molecule has 126 valence electrons.